The second-order valence-electron chi connectivity index (χ2n) is 4.88. The Morgan fingerprint density at radius 2 is 1.91 bits per heavy atom. The van der Waals surface area contributed by atoms with Gasteiger partial charge in [-0.05, 0) is 6.92 Å². The fourth-order valence-corrected chi connectivity index (χ4v) is 2.01. The summed E-state index contributed by atoms with van der Waals surface area (Å²) in [7, 11) is 3.30. The van der Waals surface area contributed by atoms with Gasteiger partial charge in [-0.2, -0.15) is 0 Å². The Balaban J connectivity index is 2.21. The second kappa shape index (κ2) is 8.30. The van der Waals surface area contributed by atoms with Crippen molar-refractivity contribution in [2.45, 2.75) is 6.92 Å². The summed E-state index contributed by atoms with van der Waals surface area (Å²) in [5.74, 6) is 2.33. The average Bonchev–Trinajstić information content (AvgIpc) is 2.95. The highest BCUT2D eigenvalue weighted by Gasteiger charge is 2.16. The summed E-state index contributed by atoms with van der Waals surface area (Å²) >= 11 is 0. The summed E-state index contributed by atoms with van der Waals surface area (Å²) in [5.41, 5.74) is 6.64. The summed E-state index contributed by atoms with van der Waals surface area (Å²) < 4.78 is 15.3. The Bertz CT molecular complexity index is 610. The summed E-state index contributed by atoms with van der Waals surface area (Å²) in [6.45, 7) is 4.20. The van der Waals surface area contributed by atoms with Crippen LogP contribution in [0.2, 0.25) is 0 Å². The first kappa shape index (κ1) is 17.0. The Labute approximate surface area is 134 Å². The van der Waals surface area contributed by atoms with E-state index in [1.54, 1.807) is 20.3 Å². The molecule has 9 nitrogen and oxygen atoms in total. The molecule has 0 aliphatic carbocycles. The molecule has 0 saturated heterocycles. The number of ether oxygens (including phenoxy) is 2. The number of methoxy groups -OCH3 is 2. The fourth-order valence-electron chi connectivity index (χ4n) is 2.01. The minimum Gasteiger partial charge on any atom is -0.393 e. The molecule has 9 heteroatoms. The molecular weight excluding hydrogens is 300 g/mol. The van der Waals surface area contributed by atoms with Crippen LogP contribution in [0.15, 0.2) is 16.9 Å². The zero-order valence-electron chi connectivity index (χ0n) is 13.6. The predicted octanol–water partition coefficient (Wildman–Crippen LogP) is 1.20. The lowest BCUT2D eigenvalue weighted by atomic mass is 10.3. The van der Waals surface area contributed by atoms with Gasteiger partial charge in [0.15, 0.2) is 17.5 Å². The monoisotopic (exact) mass is 322 g/mol. The van der Waals surface area contributed by atoms with E-state index in [4.69, 9.17) is 19.7 Å². The van der Waals surface area contributed by atoms with Gasteiger partial charge in [-0.3, -0.25) is 0 Å². The van der Waals surface area contributed by atoms with Gasteiger partial charge in [0.2, 0.25) is 0 Å². The number of anilines is 4. The fraction of sp³-hybridized carbons (Fsp3) is 0.500. The van der Waals surface area contributed by atoms with Gasteiger partial charge in [-0.25, -0.2) is 9.97 Å². The van der Waals surface area contributed by atoms with E-state index in [1.807, 2.05) is 11.8 Å². The summed E-state index contributed by atoms with van der Waals surface area (Å²) in [4.78, 5) is 10.4. The molecular formula is C14H22N6O3. The number of rotatable bonds is 9. The maximum Gasteiger partial charge on any atom is 0.175 e. The molecule has 0 unspecified atom stereocenters. The molecule has 126 valence electrons. The van der Waals surface area contributed by atoms with Crippen molar-refractivity contribution < 1.29 is 14.0 Å². The van der Waals surface area contributed by atoms with Gasteiger partial charge in [0.05, 0.1) is 13.2 Å². The molecule has 2 aromatic rings. The first-order valence-electron chi connectivity index (χ1n) is 7.19. The summed E-state index contributed by atoms with van der Waals surface area (Å²) in [6.07, 6.45) is 1.45. The number of nitrogen functional groups attached to an aromatic ring is 1. The second-order valence-corrected chi connectivity index (χ2v) is 4.88. The van der Waals surface area contributed by atoms with Gasteiger partial charge in [-0.15, -0.1) is 0 Å². The molecule has 0 aliphatic heterocycles. The topological polar surface area (TPSA) is 112 Å². The van der Waals surface area contributed by atoms with E-state index < -0.39 is 0 Å². The van der Waals surface area contributed by atoms with Gasteiger partial charge in [0, 0.05) is 33.4 Å². The van der Waals surface area contributed by atoms with Crippen LogP contribution >= 0.6 is 0 Å². The van der Waals surface area contributed by atoms with E-state index in [1.165, 1.54) is 6.33 Å². The molecule has 0 atom stereocenters. The standard InChI is InChI=1S/C14H22N6O3/c1-10-8-11(19-23-10)18-13-12(15)14(17-9-16-13)20(4-6-21-2)5-7-22-3/h8-9H,4-7,15H2,1-3H3,(H,16,17,18,19). The zero-order valence-corrected chi connectivity index (χ0v) is 13.6. The molecule has 2 aromatic heterocycles. The van der Waals surface area contributed by atoms with E-state index in [2.05, 4.69) is 20.4 Å². The van der Waals surface area contributed by atoms with Crippen molar-refractivity contribution in [2.75, 3.05) is 56.5 Å². The molecule has 0 aliphatic rings. The van der Waals surface area contributed by atoms with Gasteiger partial charge in [0.1, 0.15) is 17.8 Å². The molecule has 0 bridgehead atoms. The van der Waals surface area contributed by atoms with Crippen molar-refractivity contribution in [3.05, 3.63) is 18.2 Å². The van der Waals surface area contributed by atoms with Crippen LogP contribution < -0.4 is 16.0 Å². The molecule has 2 heterocycles. The van der Waals surface area contributed by atoms with Crippen molar-refractivity contribution in [3.63, 3.8) is 0 Å². The van der Waals surface area contributed by atoms with Crippen LogP contribution in [-0.2, 0) is 9.47 Å². The highest BCUT2D eigenvalue weighted by atomic mass is 16.5. The third-order valence-corrected chi connectivity index (χ3v) is 3.17. The van der Waals surface area contributed by atoms with Crippen LogP contribution in [0.3, 0.4) is 0 Å². The van der Waals surface area contributed by atoms with Crippen molar-refractivity contribution in [3.8, 4) is 0 Å². The van der Waals surface area contributed by atoms with Crippen molar-refractivity contribution in [1.82, 2.24) is 15.1 Å². The number of nitrogens with zero attached hydrogens (tertiary/aromatic N) is 4. The van der Waals surface area contributed by atoms with Gasteiger partial charge >= 0.3 is 0 Å². The Kier molecular flexibility index (Phi) is 6.12. The highest BCUT2D eigenvalue weighted by molar-refractivity contribution is 5.77. The van der Waals surface area contributed by atoms with E-state index in [0.29, 0.717) is 55.2 Å². The van der Waals surface area contributed by atoms with Gasteiger partial charge in [0.25, 0.3) is 0 Å². The largest absolute Gasteiger partial charge is 0.393 e. The van der Waals surface area contributed by atoms with Gasteiger partial charge in [-0.1, -0.05) is 5.16 Å². The molecule has 0 aromatic carbocycles. The Morgan fingerprint density at radius 1 is 1.22 bits per heavy atom. The molecule has 2 rings (SSSR count). The van der Waals surface area contributed by atoms with E-state index in [9.17, 15) is 0 Å². The lowest BCUT2D eigenvalue weighted by molar-refractivity contribution is 0.190. The molecule has 3 N–H and O–H groups in total. The number of hydrogen-bond donors (Lipinski definition) is 2. The molecule has 0 saturated carbocycles. The lowest BCUT2D eigenvalue weighted by Crippen LogP contribution is -2.32. The van der Waals surface area contributed by atoms with E-state index in [-0.39, 0.29) is 0 Å². The maximum atomic E-state index is 6.21. The smallest absolute Gasteiger partial charge is 0.175 e. The van der Waals surface area contributed by atoms with Gasteiger partial charge < -0.3 is 29.9 Å². The van der Waals surface area contributed by atoms with Crippen molar-refractivity contribution in [2.24, 2.45) is 0 Å². The number of nitrogens with one attached hydrogen (secondary N) is 1. The van der Waals surface area contributed by atoms with Crippen LogP contribution in [-0.4, -0.2) is 55.6 Å². The van der Waals surface area contributed by atoms with Crippen LogP contribution in [0.25, 0.3) is 0 Å². The molecule has 0 radical (unpaired) electrons. The Hall–Kier alpha value is -2.39. The molecule has 0 fully saturated rings. The minimum absolute atomic E-state index is 0.431. The minimum atomic E-state index is 0.431. The van der Waals surface area contributed by atoms with Crippen molar-refractivity contribution >= 4 is 23.1 Å². The van der Waals surface area contributed by atoms with E-state index in [0.717, 1.165) is 0 Å². The molecule has 0 amide bonds. The van der Waals surface area contributed by atoms with E-state index >= 15 is 0 Å². The molecule has 0 spiro atoms. The highest BCUT2D eigenvalue weighted by Crippen LogP contribution is 2.28. The van der Waals surface area contributed by atoms with Crippen LogP contribution in [0.5, 0.6) is 0 Å². The SMILES string of the molecule is COCCN(CCOC)c1ncnc(Nc2cc(C)on2)c1N. The first-order chi connectivity index (χ1) is 11.2. The van der Waals surface area contributed by atoms with Crippen LogP contribution in [0.1, 0.15) is 5.76 Å². The first-order valence-corrected chi connectivity index (χ1v) is 7.19. The summed E-state index contributed by atoms with van der Waals surface area (Å²) in [6, 6.07) is 1.76. The third-order valence-electron chi connectivity index (χ3n) is 3.17. The summed E-state index contributed by atoms with van der Waals surface area (Å²) in [5, 5.41) is 6.90. The van der Waals surface area contributed by atoms with Crippen LogP contribution in [0, 0.1) is 6.92 Å². The lowest BCUT2D eigenvalue weighted by Gasteiger charge is -2.24. The number of aromatic nitrogens is 3. The average molecular weight is 322 g/mol. The third kappa shape index (κ3) is 4.54. The predicted molar refractivity (Wildman–Crippen MR) is 86.9 cm³/mol. The number of nitrogens with two attached hydrogens (primary N) is 1. The maximum absolute atomic E-state index is 6.21. The number of hydrogen-bond acceptors (Lipinski definition) is 9. The Morgan fingerprint density at radius 3 is 2.48 bits per heavy atom. The van der Waals surface area contributed by atoms with Crippen molar-refractivity contribution in [1.29, 1.82) is 0 Å². The normalized spacial score (nSPS) is 10.7. The number of aryl methyl sites for hydroxylation is 1. The van der Waals surface area contributed by atoms with Crippen LogP contribution in [0.4, 0.5) is 23.1 Å². The molecule has 23 heavy (non-hydrogen) atoms. The zero-order chi connectivity index (χ0) is 16.7. The quantitative estimate of drug-likeness (QED) is 0.703.